The molecule has 1 atom stereocenters. The molecule has 0 amide bonds. The Balaban J connectivity index is 1.65. The molecule has 35 heavy (non-hydrogen) atoms. The third-order valence-electron chi connectivity index (χ3n) is 7.71. The fraction of sp³-hybridized carbons (Fsp3) is 0.379. The Morgan fingerprint density at radius 1 is 1.00 bits per heavy atom. The van der Waals surface area contributed by atoms with Crippen molar-refractivity contribution >= 4 is 11.6 Å². The molecule has 1 saturated carbocycles. The van der Waals surface area contributed by atoms with Crippen molar-refractivity contribution in [3.63, 3.8) is 0 Å². The van der Waals surface area contributed by atoms with Crippen molar-refractivity contribution in [3.05, 3.63) is 93.8 Å². The molecule has 1 unspecified atom stereocenters. The molecular formula is C29H28F3NO2. The van der Waals surface area contributed by atoms with Crippen LogP contribution in [0.5, 0.6) is 0 Å². The lowest BCUT2D eigenvalue weighted by atomic mass is 9.58. The van der Waals surface area contributed by atoms with E-state index in [0.717, 1.165) is 54.8 Å². The molecule has 2 aromatic carbocycles. The van der Waals surface area contributed by atoms with Gasteiger partial charge in [0.05, 0.1) is 5.56 Å². The van der Waals surface area contributed by atoms with Gasteiger partial charge in [0.2, 0.25) is 0 Å². The second-order valence-electron chi connectivity index (χ2n) is 10.4. The summed E-state index contributed by atoms with van der Waals surface area (Å²) in [6.45, 7) is 3.97. The van der Waals surface area contributed by atoms with E-state index in [4.69, 9.17) is 0 Å². The van der Waals surface area contributed by atoms with E-state index in [1.54, 1.807) is 0 Å². The van der Waals surface area contributed by atoms with E-state index < -0.39 is 17.7 Å². The summed E-state index contributed by atoms with van der Waals surface area (Å²) in [5, 5.41) is 3.48. The van der Waals surface area contributed by atoms with Crippen molar-refractivity contribution in [2.24, 2.45) is 11.3 Å². The zero-order chi connectivity index (χ0) is 25.0. The van der Waals surface area contributed by atoms with Crippen LogP contribution in [0.3, 0.4) is 0 Å². The number of carbonyl (C=O) groups excluding carboxylic acids is 2. The minimum atomic E-state index is -4.48. The zero-order valence-electron chi connectivity index (χ0n) is 19.8. The van der Waals surface area contributed by atoms with Gasteiger partial charge >= 0.3 is 6.18 Å². The Bertz CT molecular complexity index is 1230. The fourth-order valence-corrected chi connectivity index (χ4v) is 5.80. The van der Waals surface area contributed by atoms with Crippen LogP contribution in [-0.4, -0.2) is 11.6 Å². The molecule has 6 heteroatoms. The monoisotopic (exact) mass is 479 g/mol. The standard InChI is InChI=1S/C29H28F3NO2/c1-17(2)26-25(27(35)19-9-11-20(12-10-19)29(30,31)32)23(18-7-4-3-5-8-18)24-21(33-26)15-28(13-6-14-28)16-22(24)34/h3-5,7-12,17,23,33H,6,13-16H2,1-2H3. The molecule has 0 bridgehead atoms. The summed E-state index contributed by atoms with van der Waals surface area (Å²) in [5.74, 6) is -0.887. The van der Waals surface area contributed by atoms with Crippen molar-refractivity contribution in [2.75, 3.05) is 0 Å². The fourth-order valence-electron chi connectivity index (χ4n) is 5.80. The van der Waals surface area contributed by atoms with Gasteiger partial charge in [-0.15, -0.1) is 0 Å². The summed E-state index contributed by atoms with van der Waals surface area (Å²) >= 11 is 0. The molecular weight excluding hydrogens is 451 g/mol. The van der Waals surface area contributed by atoms with Crippen LogP contribution in [0.4, 0.5) is 13.2 Å². The van der Waals surface area contributed by atoms with Crippen molar-refractivity contribution < 1.29 is 22.8 Å². The van der Waals surface area contributed by atoms with Gasteiger partial charge in [-0.05, 0) is 48.3 Å². The molecule has 1 aliphatic heterocycles. The number of carbonyl (C=O) groups is 2. The number of hydrogen-bond donors (Lipinski definition) is 1. The molecule has 5 rings (SSSR count). The van der Waals surface area contributed by atoms with E-state index >= 15 is 0 Å². The summed E-state index contributed by atoms with van der Waals surface area (Å²) in [7, 11) is 0. The van der Waals surface area contributed by atoms with Gasteiger partial charge in [-0.3, -0.25) is 9.59 Å². The van der Waals surface area contributed by atoms with Gasteiger partial charge in [0.1, 0.15) is 0 Å². The average Bonchev–Trinajstić information content (AvgIpc) is 2.81. The second-order valence-corrected chi connectivity index (χ2v) is 10.4. The van der Waals surface area contributed by atoms with Crippen LogP contribution in [0.1, 0.15) is 73.4 Å². The number of nitrogens with one attached hydrogen (secondary N) is 1. The molecule has 0 saturated heterocycles. The van der Waals surface area contributed by atoms with E-state index in [-0.39, 0.29) is 28.5 Å². The van der Waals surface area contributed by atoms with E-state index in [2.05, 4.69) is 5.32 Å². The van der Waals surface area contributed by atoms with Crippen LogP contribution in [0.2, 0.25) is 0 Å². The van der Waals surface area contributed by atoms with Crippen molar-refractivity contribution in [2.45, 2.75) is 58.0 Å². The lowest BCUT2D eigenvalue weighted by Gasteiger charge is -2.48. The number of rotatable bonds is 4. The number of benzene rings is 2. The van der Waals surface area contributed by atoms with Crippen molar-refractivity contribution in [3.8, 4) is 0 Å². The summed E-state index contributed by atoms with van der Waals surface area (Å²) in [6, 6.07) is 13.8. The van der Waals surface area contributed by atoms with Crippen LogP contribution >= 0.6 is 0 Å². The first-order valence-electron chi connectivity index (χ1n) is 12.1. The molecule has 182 valence electrons. The van der Waals surface area contributed by atoms with Crippen LogP contribution in [0.25, 0.3) is 0 Å². The van der Waals surface area contributed by atoms with Gasteiger partial charge in [0.15, 0.2) is 11.6 Å². The maximum atomic E-state index is 13.9. The normalized spacial score (nSPS) is 21.7. The minimum Gasteiger partial charge on any atom is -0.361 e. The summed E-state index contributed by atoms with van der Waals surface area (Å²) in [5.41, 5.74) is 2.96. The molecule has 0 aromatic heterocycles. The topological polar surface area (TPSA) is 46.2 Å². The molecule has 3 aliphatic rings. The van der Waals surface area contributed by atoms with E-state index in [1.807, 2.05) is 44.2 Å². The van der Waals surface area contributed by atoms with Crippen LogP contribution in [0, 0.1) is 11.3 Å². The summed E-state index contributed by atoms with van der Waals surface area (Å²) in [6.07, 6.45) is -0.0152. The third-order valence-corrected chi connectivity index (χ3v) is 7.71. The van der Waals surface area contributed by atoms with Gasteiger partial charge < -0.3 is 5.32 Å². The Kier molecular flexibility index (Phi) is 5.73. The number of halogens is 3. The van der Waals surface area contributed by atoms with Crippen molar-refractivity contribution in [1.82, 2.24) is 5.32 Å². The maximum absolute atomic E-state index is 13.9. The lowest BCUT2D eigenvalue weighted by molar-refractivity contribution is -0.137. The predicted octanol–water partition coefficient (Wildman–Crippen LogP) is 6.97. The minimum absolute atomic E-state index is 0.0151. The largest absolute Gasteiger partial charge is 0.416 e. The SMILES string of the molecule is CC(C)C1=C(C(=O)c2ccc(C(F)(F)F)cc2)C(c2ccccc2)C2=C(CC3(CCC3)CC2=O)N1. The van der Waals surface area contributed by atoms with Gasteiger partial charge in [-0.25, -0.2) is 0 Å². The van der Waals surface area contributed by atoms with E-state index in [1.165, 1.54) is 12.1 Å². The van der Waals surface area contributed by atoms with Gasteiger partial charge in [-0.1, -0.05) is 62.7 Å². The molecule has 2 aromatic rings. The first kappa shape index (κ1) is 23.6. The molecule has 0 radical (unpaired) electrons. The number of allylic oxidation sites excluding steroid dienone is 4. The number of dihydropyridines is 1. The Labute approximate surface area is 203 Å². The molecule has 2 aliphatic carbocycles. The Morgan fingerprint density at radius 2 is 1.66 bits per heavy atom. The van der Waals surface area contributed by atoms with Gasteiger partial charge in [0, 0.05) is 40.4 Å². The average molecular weight is 480 g/mol. The Hall–Kier alpha value is -3.15. The van der Waals surface area contributed by atoms with E-state index in [0.29, 0.717) is 17.6 Å². The Morgan fingerprint density at radius 3 is 2.20 bits per heavy atom. The number of hydrogen-bond acceptors (Lipinski definition) is 3. The number of Topliss-reactive ketones (excluding diaryl/α,β-unsaturated/α-hetero) is 2. The molecule has 3 nitrogen and oxygen atoms in total. The molecule has 1 spiro atoms. The first-order chi connectivity index (χ1) is 16.6. The number of ketones is 2. The van der Waals surface area contributed by atoms with Crippen LogP contribution in [-0.2, 0) is 11.0 Å². The zero-order valence-corrected chi connectivity index (χ0v) is 19.8. The van der Waals surface area contributed by atoms with Gasteiger partial charge in [-0.2, -0.15) is 13.2 Å². The molecule has 1 fully saturated rings. The highest BCUT2D eigenvalue weighted by Gasteiger charge is 2.49. The third kappa shape index (κ3) is 4.13. The first-order valence-corrected chi connectivity index (χ1v) is 12.1. The van der Waals surface area contributed by atoms with E-state index in [9.17, 15) is 22.8 Å². The summed E-state index contributed by atoms with van der Waals surface area (Å²) < 4.78 is 39.3. The number of alkyl halides is 3. The highest BCUT2D eigenvalue weighted by atomic mass is 19.4. The van der Waals surface area contributed by atoms with Gasteiger partial charge in [0.25, 0.3) is 0 Å². The highest BCUT2D eigenvalue weighted by molar-refractivity contribution is 6.13. The summed E-state index contributed by atoms with van der Waals surface area (Å²) in [4.78, 5) is 27.5. The smallest absolute Gasteiger partial charge is 0.361 e. The quantitative estimate of drug-likeness (QED) is 0.482. The maximum Gasteiger partial charge on any atom is 0.416 e. The van der Waals surface area contributed by atoms with Crippen LogP contribution in [0.15, 0.2) is 77.1 Å². The van der Waals surface area contributed by atoms with Crippen molar-refractivity contribution in [1.29, 1.82) is 0 Å². The molecule has 1 heterocycles. The molecule has 1 N–H and O–H groups in total. The predicted molar refractivity (Wildman–Crippen MR) is 128 cm³/mol. The second kappa shape index (κ2) is 8.51. The highest BCUT2D eigenvalue weighted by Crippen LogP contribution is 2.55. The lowest BCUT2D eigenvalue weighted by Crippen LogP contribution is -2.44. The van der Waals surface area contributed by atoms with Crippen LogP contribution < -0.4 is 5.32 Å².